The number of halogens is 1. The summed E-state index contributed by atoms with van der Waals surface area (Å²) in [7, 11) is 1.39. The maximum atomic E-state index is 13.8. The van der Waals surface area contributed by atoms with Gasteiger partial charge in [0.1, 0.15) is 23.5 Å². The van der Waals surface area contributed by atoms with E-state index < -0.39 is 11.4 Å². The van der Waals surface area contributed by atoms with Crippen molar-refractivity contribution in [2.45, 2.75) is 12.5 Å². The highest BCUT2D eigenvalue weighted by Crippen LogP contribution is 2.28. The maximum Gasteiger partial charge on any atom is 0.167 e. The van der Waals surface area contributed by atoms with Crippen LogP contribution in [0, 0.1) is 5.82 Å². The van der Waals surface area contributed by atoms with Gasteiger partial charge in [-0.2, -0.15) is 0 Å². The third kappa shape index (κ3) is 2.95. The number of ether oxygens (including phenoxy) is 1. The van der Waals surface area contributed by atoms with E-state index in [2.05, 4.69) is 15.3 Å². The van der Waals surface area contributed by atoms with Crippen molar-refractivity contribution in [1.29, 1.82) is 0 Å². The zero-order chi connectivity index (χ0) is 16.4. The molecule has 0 aliphatic heterocycles. The first-order valence-corrected chi connectivity index (χ1v) is 7.00. The largest absolute Gasteiger partial charge is 0.494 e. The molecule has 1 aromatic carbocycles. The lowest BCUT2D eigenvalue weighted by Gasteiger charge is -2.21. The maximum absolute atomic E-state index is 13.8. The molecule has 0 fully saturated rings. The minimum Gasteiger partial charge on any atom is -0.494 e. The molecule has 23 heavy (non-hydrogen) atoms. The fourth-order valence-corrected chi connectivity index (χ4v) is 2.28. The highest BCUT2D eigenvalue weighted by atomic mass is 19.1. The zero-order valence-electron chi connectivity index (χ0n) is 12.7. The Labute approximate surface area is 131 Å². The van der Waals surface area contributed by atoms with Crippen LogP contribution in [0.1, 0.15) is 12.7 Å². The van der Waals surface area contributed by atoms with Crippen LogP contribution in [0.5, 0.6) is 5.75 Å². The average Bonchev–Trinajstić information content (AvgIpc) is 3.07. The van der Waals surface area contributed by atoms with Crippen molar-refractivity contribution in [3.05, 3.63) is 48.4 Å². The molecular formula is C16H16FN3O3. The molecule has 0 amide bonds. The summed E-state index contributed by atoms with van der Waals surface area (Å²) in [6.07, 6.45) is 2.83. The Morgan fingerprint density at radius 1 is 1.39 bits per heavy atom. The van der Waals surface area contributed by atoms with Crippen molar-refractivity contribution in [3.8, 4) is 5.75 Å². The van der Waals surface area contributed by atoms with E-state index >= 15 is 0 Å². The van der Waals surface area contributed by atoms with Gasteiger partial charge >= 0.3 is 0 Å². The Balaban J connectivity index is 1.91. The summed E-state index contributed by atoms with van der Waals surface area (Å²) in [6.45, 7) is 1.79. The van der Waals surface area contributed by atoms with E-state index in [1.165, 1.54) is 31.8 Å². The van der Waals surface area contributed by atoms with Crippen molar-refractivity contribution >= 4 is 16.7 Å². The molecule has 7 heteroatoms. The molecule has 2 heterocycles. The van der Waals surface area contributed by atoms with Gasteiger partial charge in [0.2, 0.25) is 0 Å². The molecule has 0 saturated heterocycles. The number of rotatable bonds is 5. The van der Waals surface area contributed by atoms with Crippen molar-refractivity contribution < 1.29 is 18.7 Å². The summed E-state index contributed by atoms with van der Waals surface area (Å²) < 4.78 is 24.0. The smallest absolute Gasteiger partial charge is 0.167 e. The SMILES string of the molecule is COc1cc2c(NCC(C)(O)c3ccco3)ncnc2cc1F. The highest BCUT2D eigenvalue weighted by molar-refractivity contribution is 5.90. The van der Waals surface area contributed by atoms with E-state index in [1.807, 2.05) is 0 Å². The van der Waals surface area contributed by atoms with E-state index in [9.17, 15) is 9.50 Å². The summed E-state index contributed by atoms with van der Waals surface area (Å²) in [4.78, 5) is 8.20. The van der Waals surface area contributed by atoms with Crippen LogP contribution in [0.2, 0.25) is 0 Å². The van der Waals surface area contributed by atoms with Crippen LogP contribution in [-0.2, 0) is 5.60 Å². The molecule has 1 unspecified atom stereocenters. The summed E-state index contributed by atoms with van der Waals surface area (Å²) in [5, 5.41) is 14.1. The van der Waals surface area contributed by atoms with Gasteiger partial charge in [-0.3, -0.25) is 0 Å². The van der Waals surface area contributed by atoms with E-state index in [0.717, 1.165) is 0 Å². The molecule has 6 nitrogen and oxygen atoms in total. The number of nitrogens with one attached hydrogen (secondary N) is 1. The average molecular weight is 317 g/mol. The van der Waals surface area contributed by atoms with Gasteiger partial charge in [0.05, 0.1) is 25.4 Å². The predicted molar refractivity (Wildman–Crippen MR) is 82.8 cm³/mol. The van der Waals surface area contributed by atoms with E-state index in [-0.39, 0.29) is 12.3 Å². The molecule has 0 aliphatic carbocycles. The molecule has 3 rings (SSSR count). The summed E-state index contributed by atoms with van der Waals surface area (Å²) in [5.74, 6) is 0.521. The van der Waals surface area contributed by atoms with Crippen molar-refractivity contribution in [3.63, 3.8) is 0 Å². The minimum absolute atomic E-state index is 0.105. The first-order valence-electron chi connectivity index (χ1n) is 7.00. The van der Waals surface area contributed by atoms with Crippen molar-refractivity contribution in [2.75, 3.05) is 19.0 Å². The monoisotopic (exact) mass is 317 g/mol. The number of aromatic nitrogens is 2. The van der Waals surface area contributed by atoms with Gasteiger partial charge in [-0.15, -0.1) is 0 Å². The number of anilines is 1. The fraction of sp³-hybridized carbons (Fsp3) is 0.250. The van der Waals surface area contributed by atoms with E-state index in [1.54, 1.807) is 19.1 Å². The first-order chi connectivity index (χ1) is 11.0. The second kappa shape index (κ2) is 5.85. The minimum atomic E-state index is -1.22. The second-order valence-electron chi connectivity index (χ2n) is 5.33. The Hall–Kier alpha value is -2.67. The van der Waals surface area contributed by atoms with Crippen LogP contribution < -0.4 is 10.1 Å². The molecule has 2 N–H and O–H groups in total. The van der Waals surface area contributed by atoms with Gasteiger partial charge in [-0.25, -0.2) is 14.4 Å². The Bertz CT molecular complexity index is 819. The quantitative estimate of drug-likeness (QED) is 0.753. The standard InChI is InChI=1S/C16H16FN3O3/c1-16(21,14-4-3-5-23-14)8-18-15-10-6-13(22-2)11(17)7-12(10)19-9-20-15/h3-7,9,21H,8H2,1-2H3,(H,18,19,20). The number of aliphatic hydroxyl groups is 1. The normalized spacial score (nSPS) is 13.7. The molecule has 120 valence electrons. The number of methoxy groups -OCH3 is 1. The van der Waals surface area contributed by atoms with E-state index in [4.69, 9.17) is 9.15 Å². The van der Waals surface area contributed by atoms with Crippen LogP contribution in [0.4, 0.5) is 10.2 Å². The lowest BCUT2D eigenvalue weighted by atomic mass is 10.0. The molecule has 0 bridgehead atoms. The van der Waals surface area contributed by atoms with Gasteiger partial charge in [-0.1, -0.05) is 0 Å². The van der Waals surface area contributed by atoms with Gasteiger partial charge in [0.25, 0.3) is 0 Å². The summed E-state index contributed by atoms with van der Waals surface area (Å²) in [6, 6.07) is 6.20. The second-order valence-corrected chi connectivity index (χ2v) is 5.33. The Morgan fingerprint density at radius 2 is 2.22 bits per heavy atom. The predicted octanol–water partition coefficient (Wildman–Crippen LogP) is 2.69. The molecular weight excluding hydrogens is 301 g/mol. The first kappa shape index (κ1) is 15.2. The molecule has 0 radical (unpaired) electrons. The summed E-state index contributed by atoms with van der Waals surface area (Å²) in [5.41, 5.74) is -0.774. The molecule has 0 spiro atoms. The molecule has 1 atom stereocenters. The van der Waals surface area contributed by atoms with Gasteiger partial charge < -0.3 is 19.6 Å². The number of nitrogens with zero attached hydrogens (tertiary/aromatic N) is 2. The van der Waals surface area contributed by atoms with Crippen LogP contribution >= 0.6 is 0 Å². The number of fused-ring (bicyclic) bond motifs is 1. The molecule has 0 saturated carbocycles. The topological polar surface area (TPSA) is 80.4 Å². The zero-order valence-corrected chi connectivity index (χ0v) is 12.7. The van der Waals surface area contributed by atoms with Crippen molar-refractivity contribution in [1.82, 2.24) is 9.97 Å². The van der Waals surface area contributed by atoms with Crippen LogP contribution in [0.3, 0.4) is 0 Å². The third-order valence-corrected chi connectivity index (χ3v) is 3.56. The van der Waals surface area contributed by atoms with Gasteiger partial charge in [-0.05, 0) is 25.1 Å². The lowest BCUT2D eigenvalue weighted by molar-refractivity contribution is 0.0476. The summed E-state index contributed by atoms with van der Waals surface area (Å²) >= 11 is 0. The molecule has 3 aromatic rings. The Kier molecular flexibility index (Phi) is 3.87. The number of furan rings is 1. The fourth-order valence-electron chi connectivity index (χ4n) is 2.28. The highest BCUT2D eigenvalue weighted by Gasteiger charge is 2.26. The third-order valence-electron chi connectivity index (χ3n) is 3.56. The van der Waals surface area contributed by atoms with Crippen molar-refractivity contribution in [2.24, 2.45) is 0 Å². The van der Waals surface area contributed by atoms with Crippen LogP contribution in [-0.4, -0.2) is 28.7 Å². The van der Waals surface area contributed by atoms with Gasteiger partial charge in [0.15, 0.2) is 11.6 Å². The molecule has 2 aromatic heterocycles. The van der Waals surface area contributed by atoms with Crippen LogP contribution in [0.15, 0.2) is 41.3 Å². The van der Waals surface area contributed by atoms with Crippen LogP contribution in [0.25, 0.3) is 10.9 Å². The van der Waals surface area contributed by atoms with Gasteiger partial charge in [0, 0.05) is 11.5 Å². The number of hydrogen-bond donors (Lipinski definition) is 2. The Morgan fingerprint density at radius 3 is 2.91 bits per heavy atom. The lowest BCUT2D eigenvalue weighted by Crippen LogP contribution is -2.30. The van der Waals surface area contributed by atoms with E-state index in [0.29, 0.717) is 22.5 Å². The number of hydrogen-bond acceptors (Lipinski definition) is 6. The number of benzene rings is 1. The molecule has 0 aliphatic rings.